The quantitative estimate of drug-likeness (QED) is 0.473. The SMILES string of the molecule is CCc1ccc(NC(=O)[C@H](C)OC(=O)COc2ccc3c(C)cc(=O)oc3c2)cc1. The van der Waals surface area contributed by atoms with Gasteiger partial charge in [-0.3, -0.25) is 4.79 Å². The Kier molecular flexibility index (Phi) is 6.51. The van der Waals surface area contributed by atoms with E-state index in [2.05, 4.69) is 5.32 Å². The first-order valence-corrected chi connectivity index (χ1v) is 9.62. The van der Waals surface area contributed by atoms with Crippen LogP contribution in [0.25, 0.3) is 11.0 Å². The Labute approximate surface area is 173 Å². The first-order chi connectivity index (χ1) is 14.4. The van der Waals surface area contributed by atoms with Gasteiger partial charge in [-0.15, -0.1) is 0 Å². The Morgan fingerprint density at radius 3 is 2.53 bits per heavy atom. The second-order valence-electron chi connectivity index (χ2n) is 6.87. The molecule has 1 aromatic heterocycles. The van der Waals surface area contributed by atoms with Crippen molar-refractivity contribution in [3.05, 3.63) is 70.1 Å². The molecule has 0 saturated carbocycles. The maximum Gasteiger partial charge on any atom is 0.344 e. The van der Waals surface area contributed by atoms with Crippen LogP contribution in [0.1, 0.15) is 25.0 Å². The Balaban J connectivity index is 1.53. The van der Waals surface area contributed by atoms with Gasteiger partial charge < -0.3 is 19.2 Å². The standard InChI is InChI=1S/C23H23NO6/c1-4-16-5-7-17(8-6-16)24-23(27)15(3)29-22(26)13-28-18-9-10-19-14(2)11-21(25)30-20(19)12-18/h5-12,15H,4,13H2,1-3H3,(H,24,27)/t15-/m0/s1. The Morgan fingerprint density at radius 1 is 1.10 bits per heavy atom. The van der Waals surface area contributed by atoms with Crippen LogP contribution in [-0.4, -0.2) is 24.6 Å². The third-order valence-corrected chi connectivity index (χ3v) is 4.59. The minimum atomic E-state index is -0.982. The summed E-state index contributed by atoms with van der Waals surface area (Å²) in [6.07, 6.45) is -0.0743. The monoisotopic (exact) mass is 409 g/mol. The number of nitrogens with one attached hydrogen (secondary N) is 1. The van der Waals surface area contributed by atoms with Crippen molar-refractivity contribution >= 4 is 28.5 Å². The zero-order valence-corrected chi connectivity index (χ0v) is 17.1. The summed E-state index contributed by atoms with van der Waals surface area (Å²) in [6.45, 7) is 4.96. The van der Waals surface area contributed by atoms with Crippen molar-refractivity contribution in [3.8, 4) is 5.75 Å². The number of ether oxygens (including phenoxy) is 2. The van der Waals surface area contributed by atoms with E-state index in [4.69, 9.17) is 13.9 Å². The minimum absolute atomic E-state index is 0.348. The van der Waals surface area contributed by atoms with Crippen molar-refractivity contribution in [1.82, 2.24) is 0 Å². The first kappa shape index (κ1) is 21.1. The fourth-order valence-electron chi connectivity index (χ4n) is 2.89. The number of carbonyl (C=O) groups excluding carboxylic acids is 2. The third-order valence-electron chi connectivity index (χ3n) is 4.59. The zero-order chi connectivity index (χ0) is 21.7. The highest BCUT2D eigenvalue weighted by molar-refractivity contribution is 5.95. The van der Waals surface area contributed by atoms with Gasteiger partial charge in [0.2, 0.25) is 0 Å². The van der Waals surface area contributed by atoms with Crippen molar-refractivity contribution in [2.24, 2.45) is 0 Å². The molecule has 7 nitrogen and oxygen atoms in total. The largest absolute Gasteiger partial charge is 0.482 e. The molecule has 0 fully saturated rings. The number of amides is 1. The van der Waals surface area contributed by atoms with Crippen molar-refractivity contribution in [2.75, 3.05) is 11.9 Å². The summed E-state index contributed by atoms with van der Waals surface area (Å²) in [6, 6.07) is 13.8. The van der Waals surface area contributed by atoms with E-state index in [1.54, 1.807) is 24.3 Å². The van der Waals surface area contributed by atoms with E-state index < -0.39 is 23.6 Å². The van der Waals surface area contributed by atoms with E-state index in [9.17, 15) is 14.4 Å². The van der Waals surface area contributed by atoms with Gasteiger partial charge in [0, 0.05) is 23.2 Å². The van der Waals surface area contributed by atoms with Crippen LogP contribution in [-0.2, 0) is 20.7 Å². The van der Waals surface area contributed by atoms with Crippen LogP contribution in [0.15, 0.2) is 57.7 Å². The molecule has 0 radical (unpaired) electrons. The van der Waals surface area contributed by atoms with E-state index in [-0.39, 0.29) is 6.61 Å². The van der Waals surface area contributed by atoms with E-state index in [0.29, 0.717) is 17.0 Å². The lowest BCUT2D eigenvalue weighted by molar-refractivity contribution is -0.155. The molecule has 3 aromatic rings. The Morgan fingerprint density at radius 2 is 1.83 bits per heavy atom. The second kappa shape index (κ2) is 9.26. The van der Waals surface area contributed by atoms with Gasteiger partial charge in [0.25, 0.3) is 5.91 Å². The van der Waals surface area contributed by atoms with Gasteiger partial charge >= 0.3 is 11.6 Å². The number of hydrogen-bond acceptors (Lipinski definition) is 6. The molecule has 1 heterocycles. The number of rotatable bonds is 7. The van der Waals surface area contributed by atoms with Crippen LogP contribution in [0, 0.1) is 6.92 Å². The van der Waals surface area contributed by atoms with Gasteiger partial charge in [-0.25, -0.2) is 9.59 Å². The van der Waals surface area contributed by atoms with Crippen molar-refractivity contribution in [2.45, 2.75) is 33.3 Å². The van der Waals surface area contributed by atoms with Crippen LogP contribution >= 0.6 is 0 Å². The van der Waals surface area contributed by atoms with Gasteiger partial charge in [-0.05, 0) is 55.7 Å². The lowest BCUT2D eigenvalue weighted by atomic mass is 10.1. The summed E-state index contributed by atoms with van der Waals surface area (Å²) in [4.78, 5) is 35.8. The molecular weight excluding hydrogens is 386 g/mol. The molecule has 3 rings (SSSR count). The minimum Gasteiger partial charge on any atom is -0.482 e. The zero-order valence-electron chi connectivity index (χ0n) is 17.1. The molecule has 1 N–H and O–H groups in total. The Bertz CT molecular complexity index is 1120. The number of carbonyl (C=O) groups is 2. The molecule has 0 spiro atoms. The van der Waals surface area contributed by atoms with E-state index in [1.165, 1.54) is 19.1 Å². The number of anilines is 1. The molecule has 0 bridgehead atoms. The third kappa shape index (κ3) is 5.26. The molecule has 0 aliphatic rings. The average Bonchev–Trinajstić information content (AvgIpc) is 2.72. The van der Waals surface area contributed by atoms with Gasteiger partial charge in [0.15, 0.2) is 12.7 Å². The highest BCUT2D eigenvalue weighted by Gasteiger charge is 2.18. The molecule has 7 heteroatoms. The number of hydrogen-bond donors (Lipinski definition) is 1. The highest BCUT2D eigenvalue weighted by Crippen LogP contribution is 2.22. The maximum atomic E-state index is 12.2. The van der Waals surface area contributed by atoms with Gasteiger partial charge in [0.1, 0.15) is 11.3 Å². The molecule has 0 saturated heterocycles. The van der Waals surface area contributed by atoms with Crippen molar-refractivity contribution in [3.63, 3.8) is 0 Å². The topological polar surface area (TPSA) is 94.8 Å². The van der Waals surface area contributed by atoms with Gasteiger partial charge in [0.05, 0.1) is 0 Å². The fourth-order valence-corrected chi connectivity index (χ4v) is 2.89. The number of esters is 1. The predicted molar refractivity (Wildman–Crippen MR) is 113 cm³/mol. The first-order valence-electron chi connectivity index (χ1n) is 9.62. The summed E-state index contributed by atoms with van der Waals surface area (Å²) < 4.78 is 15.7. The van der Waals surface area contributed by atoms with Crippen molar-refractivity contribution < 1.29 is 23.5 Å². The summed E-state index contributed by atoms with van der Waals surface area (Å²) >= 11 is 0. The lowest BCUT2D eigenvalue weighted by Crippen LogP contribution is -2.31. The van der Waals surface area contributed by atoms with Crippen molar-refractivity contribution in [1.29, 1.82) is 0 Å². The summed E-state index contributed by atoms with van der Waals surface area (Å²) in [7, 11) is 0. The molecule has 0 aliphatic carbocycles. The van der Waals surface area contributed by atoms with E-state index in [1.807, 2.05) is 26.0 Å². The average molecular weight is 409 g/mol. The highest BCUT2D eigenvalue weighted by atomic mass is 16.6. The predicted octanol–water partition coefficient (Wildman–Crippen LogP) is 3.61. The smallest absolute Gasteiger partial charge is 0.344 e. The molecule has 0 unspecified atom stereocenters. The molecular formula is C23H23NO6. The van der Waals surface area contributed by atoms with Crippen LogP contribution in [0.2, 0.25) is 0 Å². The molecule has 0 aliphatic heterocycles. The molecule has 2 aromatic carbocycles. The van der Waals surface area contributed by atoms with Gasteiger partial charge in [-0.2, -0.15) is 0 Å². The molecule has 1 amide bonds. The number of aryl methyl sites for hydroxylation is 2. The lowest BCUT2D eigenvalue weighted by Gasteiger charge is -2.14. The number of benzene rings is 2. The van der Waals surface area contributed by atoms with Crippen LogP contribution < -0.4 is 15.7 Å². The Hall–Kier alpha value is -3.61. The van der Waals surface area contributed by atoms with E-state index in [0.717, 1.165) is 22.9 Å². The van der Waals surface area contributed by atoms with E-state index >= 15 is 0 Å². The fraction of sp³-hybridized carbons (Fsp3) is 0.261. The summed E-state index contributed by atoms with van der Waals surface area (Å²) in [5.74, 6) is -0.776. The van der Waals surface area contributed by atoms with Crippen LogP contribution in [0.4, 0.5) is 5.69 Å². The summed E-state index contributed by atoms with van der Waals surface area (Å²) in [5.41, 5.74) is 2.49. The van der Waals surface area contributed by atoms with Crippen LogP contribution in [0.3, 0.4) is 0 Å². The number of fused-ring (bicyclic) bond motifs is 1. The second-order valence-corrected chi connectivity index (χ2v) is 6.87. The van der Waals surface area contributed by atoms with Gasteiger partial charge in [-0.1, -0.05) is 19.1 Å². The maximum absolute atomic E-state index is 12.2. The molecule has 1 atom stereocenters. The normalized spacial score (nSPS) is 11.7. The van der Waals surface area contributed by atoms with Crippen LogP contribution in [0.5, 0.6) is 5.75 Å². The summed E-state index contributed by atoms with van der Waals surface area (Å²) in [5, 5.41) is 3.48. The molecule has 156 valence electrons. The molecule has 30 heavy (non-hydrogen) atoms.